The SMILES string of the molecule is O=C(COCCOCCOCCCc1ccc(-c2nn(-c3nc4cc(Cl)ccc4[nH]3)c(O)c2CCc2ccc(F)cc2)cc1)NCCOCCNc1cccc2c1C(=O)N(C1CCC(=O)NC1=O)C2=O. The summed E-state index contributed by atoms with van der Waals surface area (Å²) in [6.45, 7) is 2.80. The van der Waals surface area contributed by atoms with Crippen molar-refractivity contribution >= 4 is 57.9 Å². The molecule has 0 radical (unpaired) electrons. The fourth-order valence-electron chi connectivity index (χ4n) is 8.19. The number of anilines is 1. The Morgan fingerprint density at radius 2 is 1.53 bits per heavy atom. The van der Waals surface area contributed by atoms with Crippen molar-refractivity contribution in [3.8, 4) is 23.1 Å². The number of carbonyl (C=O) groups is 5. The third-order valence-electron chi connectivity index (χ3n) is 11.7. The van der Waals surface area contributed by atoms with Gasteiger partial charge in [0.2, 0.25) is 29.5 Å². The second-order valence-corrected chi connectivity index (χ2v) is 17.0. The number of imidazole rings is 1. The number of benzene rings is 4. The van der Waals surface area contributed by atoms with E-state index >= 15 is 0 Å². The van der Waals surface area contributed by atoms with E-state index in [9.17, 15) is 33.5 Å². The Balaban J connectivity index is 0.671. The minimum atomic E-state index is -1.05. The van der Waals surface area contributed by atoms with Crippen LogP contribution in [0.2, 0.25) is 5.02 Å². The Bertz CT molecular complexity index is 2840. The molecule has 20 heteroatoms. The molecule has 8 rings (SSSR count). The molecule has 2 aliphatic heterocycles. The third-order valence-corrected chi connectivity index (χ3v) is 12.0. The van der Waals surface area contributed by atoms with Crippen molar-refractivity contribution in [3.05, 3.63) is 124 Å². The van der Waals surface area contributed by atoms with Gasteiger partial charge in [0, 0.05) is 48.0 Å². The normalized spacial score (nSPS) is 14.7. The maximum atomic E-state index is 13.6. The summed E-state index contributed by atoms with van der Waals surface area (Å²) < 4.78 is 37.3. The highest BCUT2D eigenvalue weighted by atomic mass is 35.5. The lowest BCUT2D eigenvalue weighted by molar-refractivity contribution is -0.136. The number of amides is 5. The number of ether oxygens (including phenoxy) is 4. The Labute approximate surface area is 406 Å². The molecule has 366 valence electrons. The van der Waals surface area contributed by atoms with Crippen LogP contribution in [-0.4, -0.2) is 131 Å². The van der Waals surface area contributed by atoms with Gasteiger partial charge >= 0.3 is 0 Å². The molecule has 18 nitrogen and oxygen atoms in total. The molecule has 6 aromatic rings. The van der Waals surface area contributed by atoms with Gasteiger partial charge in [-0.15, -0.1) is 0 Å². The van der Waals surface area contributed by atoms with Crippen LogP contribution in [0, 0.1) is 5.82 Å². The molecule has 5 N–H and O–H groups in total. The number of nitrogens with one attached hydrogen (secondary N) is 4. The van der Waals surface area contributed by atoms with Crippen LogP contribution in [0.25, 0.3) is 28.2 Å². The van der Waals surface area contributed by atoms with Crippen molar-refractivity contribution in [1.82, 2.24) is 35.3 Å². The number of H-pyrrole nitrogens is 1. The number of fused-ring (bicyclic) bond motifs is 2. The van der Waals surface area contributed by atoms with E-state index in [0.717, 1.165) is 39.9 Å². The van der Waals surface area contributed by atoms with Gasteiger partial charge in [-0.1, -0.05) is 54.1 Å². The largest absolute Gasteiger partial charge is 0.493 e. The zero-order valence-corrected chi connectivity index (χ0v) is 38.9. The molecule has 0 spiro atoms. The predicted molar refractivity (Wildman–Crippen MR) is 255 cm³/mol. The summed E-state index contributed by atoms with van der Waals surface area (Å²) in [7, 11) is 0. The van der Waals surface area contributed by atoms with Gasteiger partial charge < -0.3 is 39.7 Å². The van der Waals surface area contributed by atoms with Crippen LogP contribution in [0.5, 0.6) is 5.88 Å². The van der Waals surface area contributed by atoms with E-state index in [1.807, 2.05) is 30.3 Å². The van der Waals surface area contributed by atoms with E-state index in [4.69, 9.17) is 35.6 Å². The second kappa shape index (κ2) is 23.5. The van der Waals surface area contributed by atoms with Crippen LogP contribution < -0.4 is 16.0 Å². The number of carbonyl (C=O) groups excluding carboxylic acids is 5. The molecule has 1 fully saturated rings. The van der Waals surface area contributed by atoms with Crippen LogP contribution in [0.3, 0.4) is 0 Å². The fraction of sp³-hybridized carbons (Fsp3) is 0.340. The van der Waals surface area contributed by atoms with Crippen LogP contribution in [0.1, 0.15) is 56.7 Å². The first-order chi connectivity index (χ1) is 34.0. The summed E-state index contributed by atoms with van der Waals surface area (Å²) in [6.07, 6.45) is 2.73. The lowest BCUT2D eigenvalue weighted by atomic mass is 9.99. The summed E-state index contributed by atoms with van der Waals surface area (Å²) in [5.41, 5.74) is 6.31. The highest BCUT2D eigenvalue weighted by Crippen LogP contribution is 2.35. The van der Waals surface area contributed by atoms with Gasteiger partial charge in [0.15, 0.2) is 0 Å². The smallest absolute Gasteiger partial charge is 0.264 e. The van der Waals surface area contributed by atoms with Gasteiger partial charge in [-0.2, -0.15) is 9.78 Å². The van der Waals surface area contributed by atoms with Gasteiger partial charge in [0.05, 0.1) is 61.8 Å². The van der Waals surface area contributed by atoms with Crippen LogP contribution >= 0.6 is 11.6 Å². The van der Waals surface area contributed by atoms with E-state index in [1.54, 1.807) is 36.4 Å². The maximum Gasteiger partial charge on any atom is 0.264 e. The number of aromatic hydroxyl groups is 1. The average Bonchev–Trinajstić information content (AvgIpc) is 4.00. The zero-order valence-electron chi connectivity index (χ0n) is 38.1. The molecular formula is C50H52ClFN8O10. The first-order valence-corrected chi connectivity index (χ1v) is 23.4. The van der Waals surface area contributed by atoms with E-state index in [1.165, 1.54) is 22.9 Å². The quantitative estimate of drug-likeness (QED) is 0.0362. The lowest BCUT2D eigenvalue weighted by Gasteiger charge is -2.27. The number of hydrogen-bond donors (Lipinski definition) is 5. The van der Waals surface area contributed by atoms with Gasteiger partial charge in [-0.3, -0.25) is 34.2 Å². The molecule has 4 heterocycles. The summed E-state index contributed by atoms with van der Waals surface area (Å²) >= 11 is 6.18. The highest BCUT2D eigenvalue weighted by Gasteiger charge is 2.45. The van der Waals surface area contributed by atoms with Crippen molar-refractivity contribution in [3.63, 3.8) is 0 Å². The first-order valence-electron chi connectivity index (χ1n) is 23.0. The molecule has 1 unspecified atom stereocenters. The molecule has 4 aromatic carbocycles. The van der Waals surface area contributed by atoms with E-state index in [-0.39, 0.29) is 74.5 Å². The minimum absolute atomic E-state index is 0.0353. The summed E-state index contributed by atoms with van der Waals surface area (Å²) in [5.74, 6) is -2.57. The van der Waals surface area contributed by atoms with E-state index < -0.39 is 29.7 Å². The molecule has 0 aliphatic carbocycles. The van der Waals surface area contributed by atoms with E-state index in [2.05, 4.69) is 25.9 Å². The highest BCUT2D eigenvalue weighted by molar-refractivity contribution is 6.31. The Morgan fingerprint density at radius 3 is 2.31 bits per heavy atom. The monoisotopic (exact) mass is 978 g/mol. The fourth-order valence-corrected chi connectivity index (χ4v) is 8.35. The van der Waals surface area contributed by atoms with Gasteiger partial charge in [0.25, 0.3) is 11.8 Å². The molecule has 5 amide bonds. The molecule has 0 bridgehead atoms. The van der Waals surface area contributed by atoms with Gasteiger partial charge in [-0.05, 0) is 85.7 Å². The van der Waals surface area contributed by atoms with Gasteiger partial charge in [-0.25, -0.2) is 9.37 Å². The Kier molecular flexibility index (Phi) is 16.6. The molecular weight excluding hydrogens is 927 g/mol. The molecule has 70 heavy (non-hydrogen) atoms. The predicted octanol–water partition coefficient (Wildman–Crippen LogP) is 5.33. The second-order valence-electron chi connectivity index (χ2n) is 16.6. The van der Waals surface area contributed by atoms with Gasteiger partial charge in [0.1, 0.15) is 24.2 Å². The van der Waals surface area contributed by atoms with Crippen molar-refractivity contribution < 1.29 is 52.4 Å². The number of imide groups is 2. The molecule has 2 aliphatic rings. The average molecular weight is 979 g/mol. The minimum Gasteiger partial charge on any atom is -0.493 e. The number of aryl methyl sites for hydroxylation is 2. The summed E-state index contributed by atoms with van der Waals surface area (Å²) in [4.78, 5) is 71.1. The number of aromatic nitrogens is 4. The number of rotatable bonds is 25. The van der Waals surface area contributed by atoms with Crippen molar-refractivity contribution in [2.75, 3.05) is 71.3 Å². The molecule has 1 atom stereocenters. The molecule has 0 saturated carbocycles. The summed E-state index contributed by atoms with van der Waals surface area (Å²) in [5, 5.41) is 24.8. The number of aromatic amines is 1. The summed E-state index contributed by atoms with van der Waals surface area (Å²) in [6, 6.07) is 23.5. The van der Waals surface area contributed by atoms with Crippen molar-refractivity contribution in [2.45, 2.75) is 44.6 Å². The number of hydrogen-bond acceptors (Lipinski definition) is 13. The van der Waals surface area contributed by atoms with Crippen molar-refractivity contribution in [1.29, 1.82) is 0 Å². The van der Waals surface area contributed by atoms with Crippen LogP contribution in [-0.2, 0) is 52.6 Å². The number of halogens is 2. The topological polar surface area (TPSA) is 228 Å². The first kappa shape index (κ1) is 49.4. The standard InChI is InChI=1S/C50H52ClFN8O10/c51-34-13-17-38-40(29-34)56-50(55-38)60-48(65)37(16-10-32-8-14-35(52)15-9-32)45(58-60)33-11-6-31(7-12-33)3-2-22-67-25-26-69-27-28-70-30-43(62)54-21-24-68-23-20-53-39-5-1-4-36-44(39)49(66)59(47(36)64)41-18-19-42(61)57-46(41)63/h1,4-9,11-15,17,29,41,53,65H,2-3,10,16,18-28,30H2,(H,54,62)(H,55,56)(H,57,61,63). The Hall–Kier alpha value is -7.03. The number of nitrogens with zero attached hydrogens (tertiary/aromatic N) is 4. The Morgan fingerprint density at radius 1 is 0.814 bits per heavy atom. The van der Waals surface area contributed by atoms with E-state index in [0.29, 0.717) is 79.2 Å². The lowest BCUT2D eigenvalue weighted by Crippen LogP contribution is -2.54. The third kappa shape index (κ3) is 12.2. The van der Waals surface area contributed by atoms with Crippen molar-refractivity contribution in [2.24, 2.45) is 0 Å². The molecule has 2 aromatic heterocycles. The zero-order chi connectivity index (χ0) is 49.0. The molecule has 1 saturated heterocycles. The van der Waals surface area contributed by atoms with Crippen LogP contribution in [0.15, 0.2) is 84.9 Å². The number of piperidine rings is 1. The van der Waals surface area contributed by atoms with Crippen LogP contribution in [0.4, 0.5) is 10.1 Å². The maximum absolute atomic E-state index is 13.6.